The second-order valence-corrected chi connectivity index (χ2v) is 5.81. The third kappa shape index (κ3) is 3.20. The average molecular weight is 297 g/mol. The Morgan fingerprint density at radius 2 is 2.18 bits per heavy atom. The molecule has 116 valence electrons. The first-order valence-corrected chi connectivity index (χ1v) is 7.51. The van der Waals surface area contributed by atoms with E-state index in [1.54, 1.807) is 11.0 Å². The molecule has 3 nitrogen and oxygen atoms in total. The number of allylic oxidation sites excluding steroid dienone is 4. The summed E-state index contributed by atoms with van der Waals surface area (Å²) in [6.07, 6.45) is 5.58. The van der Waals surface area contributed by atoms with Crippen molar-refractivity contribution in [2.24, 2.45) is 5.92 Å². The van der Waals surface area contributed by atoms with Crippen molar-refractivity contribution in [1.29, 1.82) is 0 Å². The van der Waals surface area contributed by atoms with Gasteiger partial charge < -0.3 is 10.0 Å². The van der Waals surface area contributed by atoms with E-state index in [0.717, 1.165) is 28.0 Å². The van der Waals surface area contributed by atoms with Crippen molar-refractivity contribution in [1.82, 2.24) is 4.90 Å². The largest absolute Gasteiger partial charge is 0.396 e. The monoisotopic (exact) mass is 297 g/mol. The van der Waals surface area contributed by atoms with Gasteiger partial charge in [0, 0.05) is 23.8 Å². The fraction of sp³-hybridized carbons (Fsp3) is 0.316. The number of nitrogens with zero attached hydrogens (tertiary/aromatic N) is 1. The fourth-order valence-electron chi connectivity index (χ4n) is 2.55. The molecule has 0 aromatic heterocycles. The van der Waals surface area contributed by atoms with Crippen LogP contribution in [0.25, 0.3) is 0 Å². The van der Waals surface area contributed by atoms with Crippen molar-refractivity contribution in [3.8, 4) is 0 Å². The standard InChI is InChI=1S/C19H23NO2/c1-5-16(14(3)12-21)9-7-15(4)20-11-17-8-6-13(2)10-18(17)19(20)22/h5-10,14,21H,1,11-12H2,2-4H3/b15-7+,16-9+. The lowest BCUT2D eigenvalue weighted by atomic mass is 10.0. The van der Waals surface area contributed by atoms with Gasteiger partial charge in [0.2, 0.25) is 0 Å². The number of aryl methyl sites for hydroxylation is 1. The molecule has 1 aromatic carbocycles. The number of hydrogen-bond acceptors (Lipinski definition) is 2. The number of amides is 1. The van der Waals surface area contributed by atoms with Gasteiger partial charge in [-0.05, 0) is 37.1 Å². The van der Waals surface area contributed by atoms with Gasteiger partial charge >= 0.3 is 0 Å². The molecular weight excluding hydrogens is 274 g/mol. The lowest BCUT2D eigenvalue weighted by molar-refractivity contribution is 0.0826. The van der Waals surface area contributed by atoms with Gasteiger partial charge in [-0.1, -0.05) is 43.4 Å². The number of rotatable bonds is 5. The Morgan fingerprint density at radius 1 is 1.45 bits per heavy atom. The SMILES string of the molecule is C=C/C(=C\C=C(/C)N1Cc2ccc(C)cc2C1=O)C(C)CO. The summed E-state index contributed by atoms with van der Waals surface area (Å²) in [6, 6.07) is 6.01. The number of aliphatic hydroxyl groups excluding tert-OH is 1. The zero-order valence-electron chi connectivity index (χ0n) is 13.5. The van der Waals surface area contributed by atoms with Crippen molar-refractivity contribution in [2.75, 3.05) is 6.61 Å². The molecule has 0 radical (unpaired) electrons. The van der Waals surface area contributed by atoms with Crippen molar-refractivity contribution < 1.29 is 9.90 Å². The summed E-state index contributed by atoms with van der Waals surface area (Å²) in [4.78, 5) is 14.3. The second kappa shape index (κ2) is 6.75. The topological polar surface area (TPSA) is 40.5 Å². The van der Waals surface area contributed by atoms with Crippen LogP contribution in [0.5, 0.6) is 0 Å². The van der Waals surface area contributed by atoms with Crippen LogP contribution in [0.3, 0.4) is 0 Å². The van der Waals surface area contributed by atoms with Gasteiger partial charge in [0.1, 0.15) is 0 Å². The third-order valence-electron chi connectivity index (χ3n) is 4.09. The zero-order chi connectivity index (χ0) is 16.3. The Balaban J connectivity index is 2.23. The number of fused-ring (bicyclic) bond motifs is 1. The molecule has 1 N–H and O–H groups in total. The van der Waals surface area contributed by atoms with Crippen molar-refractivity contribution >= 4 is 5.91 Å². The summed E-state index contributed by atoms with van der Waals surface area (Å²) in [7, 11) is 0. The van der Waals surface area contributed by atoms with Crippen LogP contribution in [-0.4, -0.2) is 22.5 Å². The number of carbonyl (C=O) groups is 1. The maximum absolute atomic E-state index is 12.5. The van der Waals surface area contributed by atoms with Crippen LogP contribution < -0.4 is 0 Å². The van der Waals surface area contributed by atoms with Gasteiger partial charge in [-0.3, -0.25) is 4.79 Å². The molecule has 1 unspecified atom stereocenters. The van der Waals surface area contributed by atoms with Crippen molar-refractivity contribution in [3.63, 3.8) is 0 Å². The van der Waals surface area contributed by atoms with Crippen molar-refractivity contribution in [2.45, 2.75) is 27.3 Å². The van der Waals surface area contributed by atoms with Crippen LogP contribution in [-0.2, 0) is 6.54 Å². The van der Waals surface area contributed by atoms with E-state index in [2.05, 4.69) is 6.58 Å². The van der Waals surface area contributed by atoms with E-state index in [4.69, 9.17) is 0 Å². The minimum Gasteiger partial charge on any atom is -0.396 e. The van der Waals surface area contributed by atoms with Gasteiger partial charge in [-0.25, -0.2) is 0 Å². The van der Waals surface area contributed by atoms with Gasteiger partial charge in [0.15, 0.2) is 0 Å². The van der Waals surface area contributed by atoms with Crippen LogP contribution in [0.15, 0.2) is 54.3 Å². The normalized spacial score (nSPS) is 16.7. The Labute approximate surface area is 132 Å². The summed E-state index contributed by atoms with van der Waals surface area (Å²) in [6.45, 7) is 10.3. The molecule has 0 bridgehead atoms. The van der Waals surface area contributed by atoms with E-state index in [1.165, 1.54) is 0 Å². The fourth-order valence-corrected chi connectivity index (χ4v) is 2.55. The second-order valence-electron chi connectivity index (χ2n) is 5.81. The van der Waals surface area contributed by atoms with Crippen LogP contribution in [0, 0.1) is 12.8 Å². The van der Waals surface area contributed by atoms with E-state index in [0.29, 0.717) is 6.54 Å². The van der Waals surface area contributed by atoms with Crippen LogP contribution in [0.2, 0.25) is 0 Å². The molecule has 22 heavy (non-hydrogen) atoms. The van der Waals surface area contributed by atoms with Crippen LogP contribution in [0.1, 0.15) is 35.3 Å². The molecule has 1 heterocycles. The zero-order valence-corrected chi connectivity index (χ0v) is 13.5. The van der Waals surface area contributed by atoms with Gasteiger partial charge in [-0.2, -0.15) is 0 Å². The molecule has 0 saturated heterocycles. The Bertz CT molecular complexity index is 655. The first-order valence-electron chi connectivity index (χ1n) is 7.51. The maximum atomic E-state index is 12.5. The Kier molecular flexibility index (Phi) is 4.99. The number of carbonyl (C=O) groups excluding carboxylic acids is 1. The number of benzene rings is 1. The van der Waals surface area contributed by atoms with Gasteiger partial charge in [0.25, 0.3) is 5.91 Å². The molecule has 3 heteroatoms. The van der Waals surface area contributed by atoms with Gasteiger partial charge in [-0.15, -0.1) is 0 Å². The molecule has 1 atom stereocenters. The highest BCUT2D eigenvalue weighted by atomic mass is 16.3. The Hall–Kier alpha value is -2.13. The smallest absolute Gasteiger partial charge is 0.258 e. The van der Waals surface area contributed by atoms with Crippen LogP contribution >= 0.6 is 0 Å². The third-order valence-corrected chi connectivity index (χ3v) is 4.09. The van der Waals surface area contributed by atoms with E-state index in [-0.39, 0.29) is 18.4 Å². The minimum atomic E-state index is 0.0377. The average Bonchev–Trinajstić information content (AvgIpc) is 2.84. The minimum absolute atomic E-state index is 0.0377. The lowest BCUT2D eigenvalue weighted by Gasteiger charge is -2.16. The van der Waals surface area contributed by atoms with E-state index in [1.807, 2.05) is 51.1 Å². The molecule has 0 spiro atoms. The van der Waals surface area contributed by atoms with Crippen molar-refractivity contribution in [3.05, 3.63) is 71.0 Å². The molecule has 0 saturated carbocycles. The summed E-state index contributed by atoms with van der Waals surface area (Å²) in [5.41, 5.74) is 4.82. The highest BCUT2D eigenvalue weighted by Gasteiger charge is 2.27. The predicted molar refractivity (Wildman–Crippen MR) is 89.3 cm³/mol. The molecule has 0 fully saturated rings. The molecule has 0 aliphatic carbocycles. The molecular formula is C19H23NO2. The highest BCUT2D eigenvalue weighted by molar-refractivity contribution is 5.99. The van der Waals surface area contributed by atoms with E-state index < -0.39 is 0 Å². The quantitative estimate of drug-likeness (QED) is 0.844. The first kappa shape index (κ1) is 16.2. The summed E-state index contributed by atoms with van der Waals surface area (Å²) in [5, 5.41) is 9.23. The molecule has 1 aliphatic heterocycles. The lowest BCUT2D eigenvalue weighted by Crippen LogP contribution is -2.21. The summed E-state index contributed by atoms with van der Waals surface area (Å²) < 4.78 is 0. The molecule has 1 amide bonds. The Morgan fingerprint density at radius 3 is 2.82 bits per heavy atom. The predicted octanol–water partition coefficient (Wildman–Crippen LogP) is 3.60. The molecule has 1 aromatic rings. The molecule has 1 aliphatic rings. The van der Waals surface area contributed by atoms with Gasteiger partial charge in [0.05, 0.1) is 6.54 Å². The summed E-state index contributed by atoms with van der Waals surface area (Å²) in [5.74, 6) is 0.0897. The number of hydrogen-bond donors (Lipinski definition) is 1. The van der Waals surface area contributed by atoms with E-state index >= 15 is 0 Å². The highest BCUT2D eigenvalue weighted by Crippen LogP contribution is 2.27. The molecule has 2 rings (SSSR count). The number of aliphatic hydroxyl groups is 1. The maximum Gasteiger partial charge on any atom is 0.258 e. The first-order chi connectivity index (χ1) is 10.5. The van der Waals surface area contributed by atoms with E-state index in [9.17, 15) is 9.90 Å². The van der Waals surface area contributed by atoms with Crippen LogP contribution in [0.4, 0.5) is 0 Å². The summed E-state index contributed by atoms with van der Waals surface area (Å²) >= 11 is 0.